The van der Waals surface area contributed by atoms with E-state index in [-0.39, 0.29) is 0 Å². The lowest BCUT2D eigenvalue weighted by atomic mass is 10.3. The normalized spacial score (nSPS) is 10.9. The van der Waals surface area contributed by atoms with Gasteiger partial charge < -0.3 is 9.15 Å². The summed E-state index contributed by atoms with van der Waals surface area (Å²) in [5.74, 6) is 2.59. The van der Waals surface area contributed by atoms with Crippen LogP contribution >= 0.6 is 35.0 Å². The molecule has 0 spiro atoms. The van der Waals surface area contributed by atoms with Crippen LogP contribution in [0.15, 0.2) is 76.5 Å². The first kappa shape index (κ1) is 18.9. The Morgan fingerprint density at radius 2 is 1.86 bits per heavy atom. The third-order valence-electron chi connectivity index (χ3n) is 3.86. The molecule has 0 aliphatic carbocycles. The largest absolute Gasteiger partial charge is 0.491 e. The third-order valence-corrected chi connectivity index (χ3v) is 5.28. The van der Waals surface area contributed by atoms with Crippen LogP contribution in [-0.2, 0) is 0 Å². The van der Waals surface area contributed by atoms with Crippen LogP contribution in [-0.4, -0.2) is 27.1 Å². The van der Waals surface area contributed by atoms with Crippen molar-refractivity contribution in [3.05, 3.63) is 77.0 Å². The maximum absolute atomic E-state index is 6.14. The summed E-state index contributed by atoms with van der Waals surface area (Å²) in [5.41, 5.74) is 0.961. The van der Waals surface area contributed by atoms with Gasteiger partial charge in [-0.1, -0.05) is 53.2 Å². The van der Waals surface area contributed by atoms with Crippen LogP contribution in [0.4, 0.5) is 0 Å². The molecule has 2 aromatic carbocycles. The maximum Gasteiger partial charge on any atom is 0.205 e. The Morgan fingerprint density at radius 3 is 2.61 bits per heavy atom. The fourth-order valence-electron chi connectivity index (χ4n) is 2.62. The monoisotopic (exact) mass is 431 g/mol. The highest BCUT2D eigenvalue weighted by Gasteiger charge is 2.17. The molecular weight excluding hydrogens is 417 g/mol. The summed E-state index contributed by atoms with van der Waals surface area (Å²) < 4.78 is 13.2. The average Bonchev–Trinajstić information content (AvgIpc) is 3.37. The van der Waals surface area contributed by atoms with Gasteiger partial charge in [0.2, 0.25) is 5.82 Å². The Balaban J connectivity index is 1.50. The first-order valence-electron chi connectivity index (χ1n) is 8.48. The fraction of sp³-hybridized carbons (Fsp3) is 0.100. The van der Waals surface area contributed by atoms with E-state index in [4.69, 9.17) is 32.4 Å². The Bertz CT molecular complexity index is 1050. The summed E-state index contributed by atoms with van der Waals surface area (Å²) in [5, 5.41) is 10.5. The van der Waals surface area contributed by atoms with Crippen molar-refractivity contribution in [1.82, 2.24) is 14.8 Å². The van der Waals surface area contributed by atoms with Crippen molar-refractivity contribution in [3.63, 3.8) is 0 Å². The Kier molecular flexibility index (Phi) is 5.90. The number of hydrogen-bond acceptors (Lipinski definition) is 5. The van der Waals surface area contributed by atoms with Gasteiger partial charge in [-0.25, -0.2) is 0 Å². The molecule has 0 radical (unpaired) electrons. The van der Waals surface area contributed by atoms with E-state index >= 15 is 0 Å². The molecule has 2 heterocycles. The molecule has 0 bridgehead atoms. The van der Waals surface area contributed by atoms with Gasteiger partial charge in [0.1, 0.15) is 5.75 Å². The summed E-state index contributed by atoms with van der Waals surface area (Å²) in [4.78, 5) is 0. The Labute approximate surface area is 176 Å². The molecule has 0 unspecified atom stereocenters. The van der Waals surface area contributed by atoms with E-state index in [0.29, 0.717) is 39.7 Å². The van der Waals surface area contributed by atoms with Crippen LogP contribution in [0.2, 0.25) is 10.0 Å². The molecule has 0 saturated heterocycles. The number of thioether (sulfide) groups is 1. The molecule has 0 amide bonds. The standard InChI is InChI=1S/C20H15Cl2N3O2S/c21-14-8-9-17(16(22)13-14)27-11-12-28-20-24-23-19(18-7-4-10-26-18)25(20)15-5-2-1-3-6-15/h1-10,13H,11-12H2. The molecule has 0 N–H and O–H groups in total. The Hall–Kier alpha value is -2.41. The molecule has 0 atom stereocenters. The summed E-state index contributed by atoms with van der Waals surface area (Å²) in [6.45, 7) is 0.462. The van der Waals surface area contributed by atoms with Gasteiger partial charge >= 0.3 is 0 Å². The van der Waals surface area contributed by atoms with E-state index in [9.17, 15) is 0 Å². The second-order valence-electron chi connectivity index (χ2n) is 5.73. The molecule has 5 nitrogen and oxygen atoms in total. The lowest BCUT2D eigenvalue weighted by molar-refractivity contribution is 0.344. The van der Waals surface area contributed by atoms with E-state index in [1.807, 2.05) is 47.0 Å². The second kappa shape index (κ2) is 8.73. The topological polar surface area (TPSA) is 53.1 Å². The molecule has 4 aromatic rings. The fourth-order valence-corrected chi connectivity index (χ4v) is 3.85. The van der Waals surface area contributed by atoms with Gasteiger partial charge in [0, 0.05) is 16.5 Å². The molecule has 28 heavy (non-hydrogen) atoms. The molecule has 2 aromatic heterocycles. The van der Waals surface area contributed by atoms with Crippen molar-refractivity contribution in [3.8, 4) is 23.0 Å². The molecule has 142 valence electrons. The smallest absolute Gasteiger partial charge is 0.205 e. The minimum absolute atomic E-state index is 0.462. The zero-order valence-corrected chi connectivity index (χ0v) is 16.9. The minimum Gasteiger partial charge on any atom is -0.491 e. The maximum atomic E-state index is 6.14. The molecule has 4 rings (SSSR count). The minimum atomic E-state index is 0.462. The van der Waals surface area contributed by atoms with Gasteiger partial charge in [-0.2, -0.15) is 0 Å². The number of aromatic nitrogens is 3. The molecular formula is C20H15Cl2N3O2S. The summed E-state index contributed by atoms with van der Waals surface area (Å²) in [7, 11) is 0. The highest BCUT2D eigenvalue weighted by Crippen LogP contribution is 2.30. The molecule has 8 heteroatoms. The van der Waals surface area contributed by atoms with Gasteiger partial charge in [-0.15, -0.1) is 10.2 Å². The van der Waals surface area contributed by atoms with Gasteiger partial charge in [-0.3, -0.25) is 4.57 Å². The van der Waals surface area contributed by atoms with Gasteiger partial charge in [0.15, 0.2) is 10.9 Å². The SMILES string of the molecule is Clc1ccc(OCCSc2nnc(-c3ccco3)n2-c2ccccc2)c(Cl)c1. The van der Waals surface area contributed by atoms with E-state index in [0.717, 1.165) is 10.8 Å². The quantitative estimate of drug-likeness (QED) is 0.265. The van der Waals surface area contributed by atoms with E-state index in [2.05, 4.69) is 10.2 Å². The van der Waals surface area contributed by atoms with Crippen molar-refractivity contribution in [1.29, 1.82) is 0 Å². The van der Waals surface area contributed by atoms with E-state index in [1.165, 1.54) is 0 Å². The van der Waals surface area contributed by atoms with E-state index < -0.39 is 0 Å². The van der Waals surface area contributed by atoms with Crippen LogP contribution in [0.1, 0.15) is 0 Å². The van der Waals surface area contributed by atoms with Gasteiger partial charge in [-0.05, 0) is 42.5 Å². The first-order chi connectivity index (χ1) is 13.7. The molecule has 0 saturated carbocycles. The predicted octanol–water partition coefficient (Wildman–Crippen LogP) is 6.01. The number of nitrogens with zero attached hydrogens (tertiary/aromatic N) is 3. The van der Waals surface area contributed by atoms with E-state index in [1.54, 1.807) is 36.2 Å². The average molecular weight is 432 g/mol. The summed E-state index contributed by atoms with van der Waals surface area (Å²) >= 11 is 13.6. The zero-order valence-electron chi connectivity index (χ0n) is 14.6. The van der Waals surface area contributed by atoms with Crippen molar-refractivity contribution in [2.24, 2.45) is 0 Å². The zero-order chi connectivity index (χ0) is 19.3. The second-order valence-corrected chi connectivity index (χ2v) is 7.63. The van der Waals surface area contributed by atoms with Gasteiger partial charge in [0.25, 0.3) is 0 Å². The van der Waals surface area contributed by atoms with Gasteiger partial charge in [0.05, 0.1) is 17.9 Å². The predicted molar refractivity (Wildman–Crippen MR) is 112 cm³/mol. The summed E-state index contributed by atoms with van der Waals surface area (Å²) in [6, 6.07) is 18.8. The van der Waals surface area contributed by atoms with Crippen LogP contribution in [0.25, 0.3) is 17.3 Å². The number of furan rings is 1. The van der Waals surface area contributed by atoms with Crippen LogP contribution < -0.4 is 4.74 Å². The first-order valence-corrected chi connectivity index (χ1v) is 10.2. The Morgan fingerprint density at radius 1 is 1.00 bits per heavy atom. The molecule has 0 aliphatic heterocycles. The number of para-hydroxylation sites is 1. The van der Waals surface area contributed by atoms with Crippen LogP contribution in [0.5, 0.6) is 5.75 Å². The lowest BCUT2D eigenvalue weighted by Crippen LogP contribution is -2.03. The number of ether oxygens (including phenoxy) is 1. The van der Waals surface area contributed by atoms with Crippen molar-refractivity contribution in [2.45, 2.75) is 5.16 Å². The van der Waals surface area contributed by atoms with Crippen molar-refractivity contribution in [2.75, 3.05) is 12.4 Å². The summed E-state index contributed by atoms with van der Waals surface area (Å²) in [6.07, 6.45) is 1.62. The third kappa shape index (κ3) is 4.19. The highest BCUT2D eigenvalue weighted by molar-refractivity contribution is 7.99. The van der Waals surface area contributed by atoms with Crippen molar-refractivity contribution >= 4 is 35.0 Å². The van der Waals surface area contributed by atoms with Crippen LogP contribution in [0.3, 0.4) is 0 Å². The molecule has 0 fully saturated rings. The number of halogens is 2. The highest BCUT2D eigenvalue weighted by atomic mass is 35.5. The number of benzene rings is 2. The van der Waals surface area contributed by atoms with Crippen molar-refractivity contribution < 1.29 is 9.15 Å². The number of hydrogen-bond donors (Lipinski definition) is 0. The molecule has 0 aliphatic rings. The van der Waals surface area contributed by atoms with Crippen LogP contribution in [0, 0.1) is 0 Å². The number of rotatable bonds is 7. The lowest BCUT2D eigenvalue weighted by Gasteiger charge is -2.10.